The molecule has 130 valence electrons. The second-order valence-corrected chi connectivity index (χ2v) is 5.70. The van der Waals surface area contributed by atoms with E-state index in [4.69, 9.17) is 9.47 Å². The number of rotatable bonds is 8. The first-order chi connectivity index (χ1) is 12.2. The number of nitrogens with zero attached hydrogens (tertiary/aromatic N) is 3. The van der Waals surface area contributed by atoms with Gasteiger partial charge in [-0.1, -0.05) is 35.9 Å². The Labute approximate surface area is 147 Å². The first-order valence-electron chi connectivity index (χ1n) is 8.27. The zero-order valence-corrected chi connectivity index (χ0v) is 14.5. The largest absolute Gasteiger partial charge is 0.490 e. The summed E-state index contributed by atoms with van der Waals surface area (Å²) in [7, 11) is 0. The summed E-state index contributed by atoms with van der Waals surface area (Å²) in [6, 6.07) is 14.3. The fraction of sp³-hybridized carbons (Fsp3) is 0.263. The molecule has 0 atom stereocenters. The van der Waals surface area contributed by atoms with Gasteiger partial charge < -0.3 is 14.9 Å². The first kappa shape index (κ1) is 16.8. The van der Waals surface area contributed by atoms with Crippen LogP contribution in [0.5, 0.6) is 11.5 Å². The molecule has 3 aromatic rings. The molecule has 0 spiro atoms. The summed E-state index contributed by atoms with van der Waals surface area (Å²) in [4.78, 5) is 0. The Bertz CT molecular complexity index is 803. The van der Waals surface area contributed by atoms with Gasteiger partial charge in [0.05, 0.1) is 13.2 Å². The predicted octanol–water partition coefficient (Wildman–Crippen LogP) is 3.31. The molecular weight excluding hydrogens is 316 g/mol. The molecule has 1 heterocycles. The van der Waals surface area contributed by atoms with Crippen LogP contribution in [0.4, 0.5) is 0 Å². The summed E-state index contributed by atoms with van der Waals surface area (Å²) in [5, 5.41) is 7.52. The Morgan fingerprint density at radius 1 is 0.960 bits per heavy atom. The van der Waals surface area contributed by atoms with Gasteiger partial charge in [0.15, 0.2) is 11.5 Å². The Morgan fingerprint density at radius 2 is 1.80 bits per heavy atom. The zero-order valence-electron chi connectivity index (χ0n) is 14.5. The average Bonchev–Trinajstić information content (AvgIpc) is 3.13. The molecular formula is C19H22N4O2. The molecule has 1 N–H and O–H groups in total. The van der Waals surface area contributed by atoms with Crippen LogP contribution in [0.1, 0.15) is 23.6 Å². The van der Waals surface area contributed by atoms with Gasteiger partial charge in [0, 0.05) is 0 Å². The van der Waals surface area contributed by atoms with Crippen molar-refractivity contribution >= 4 is 0 Å². The number of benzene rings is 2. The third kappa shape index (κ3) is 4.73. The molecule has 0 unspecified atom stereocenters. The van der Waals surface area contributed by atoms with E-state index in [-0.39, 0.29) is 0 Å². The minimum atomic E-state index is 0.514. The van der Waals surface area contributed by atoms with Crippen LogP contribution in [0.25, 0.3) is 0 Å². The molecule has 0 saturated carbocycles. The van der Waals surface area contributed by atoms with Gasteiger partial charge in [-0.25, -0.2) is 4.68 Å². The maximum absolute atomic E-state index is 5.97. The van der Waals surface area contributed by atoms with Crippen LogP contribution in [0.3, 0.4) is 0 Å². The van der Waals surface area contributed by atoms with Crippen LogP contribution in [-0.2, 0) is 13.2 Å². The van der Waals surface area contributed by atoms with Gasteiger partial charge in [-0.15, -0.1) is 10.2 Å². The topological polar surface area (TPSA) is 61.2 Å². The number of nitrogens with one attached hydrogen (secondary N) is 1. The average molecular weight is 338 g/mol. The Morgan fingerprint density at radius 3 is 2.56 bits per heavy atom. The Balaban J connectivity index is 1.67. The van der Waals surface area contributed by atoms with Crippen LogP contribution in [0, 0.1) is 6.92 Å². The summed E-state index contributed by atoms with van der Waals surface area (Å²) >= 11 is 0. The lowest BCUT2D eigenvalue weighted by Crippen LogP contribution is -2.12. The summed E-state index contributed by atoms with van der Waals surface area (Å²) in [5.74, 6) is 1.50. The lowest BCUT2D eigenvalue weighted by Gasteiger charge is -2.14. The van der Waals surface area contributed by atoms with E-state index >= 15 is 0 Å². The molecule has 0 aliphatic heterocycles. The maximum atomic E-state index is 5.97. The van der Waals surface area contributed by atoms with Crippen molar-refractivity contribution in [1.29, 1.82) is 0 Å². The molecule has 6 heteroatoms. The van der Waals surface area contributed by atoms with E-state index in [0.29, 0.717) is 19.8 Å². The van der Waals surface area contributed by atoms with Gasteiger partial charge in [-0.3, -0.25) is 0 Å². The fourth-order valence-electron chi connectivity index (χ4n) is 2.48. The SMILES string of the molecule is CCOc1cc(CNn2cnnc2)ccc1OCc1cccc(C)c1. The smallest absolute Gasteiger partial charge is 0.161 e. The minimum Gasteiger partial charge on any atom is -0.490 e. The summed E-state index contributed by atoms with van der Waals surface area (Å²) in [6.07, 6.45) is 3.23. The monoisotopic (exact) mass is 338 g/mol. The molecule has 25 heavy (non-hydrogen) atoms. The third-order valence-corrected chi connectivity index (χ3v) is 3.67. The Kier molecular flexibility index (Phi) is 5.51. The molecule has 0 aliphatic rings. The molecule has 0 bridgehead atoms. The molecule has 3 rings (SSSR count). The normalized spacial score (nSPS) is 10.5. The number of aromatic nitrogens is 3. The van der Waals surface area contributed by atoms with Gasteiger partial charge in [0.2, 0.25) is 0 Å². The first-order valence-corrected chi connectivity index (χ1v) is 8.27. The minimum absolute atomic E-state index is 0.514. The molecule has 0 amide bonds. The fourth-order valence-corrected chi connectivity index (χ4v) is 2.48. The van der Waals surface area contributed by atoms with Crippen molar-refractivity contribution < 1.29 is 9.47 Å². The summed E-state index contributed by atoms with van der Waals surface area (Å²) in [5.41, 5.74) is 6.64. The Hall–Kier alpha value is -3.02. The number of hydrogen-bond donors (Lipinski definition) is 1. The van der Waals surface area contributed by atoms with E-state index in [9.17, 15) is 0 Å². The van der Waals surface area contributed by atoms with Crippen LogP contribution >= 0.6 is 0 Å². The van der Waals surface area contributed by atoms with Crippen molar-refractivity contribution in [2.75, 3.05) is 12.0 Å². The van der Waals surface area contributed by atoms with Crippen molar-refractivity contribution in [1.82, 2.24) is 14.9 Å². The van der Waals surface area contributed by atoms with Crippen molar-refractivity contribution in [3.05, 3.63) is 71.8 Å². The third-order valence-electron chi connectivity index (χ3n) is 3.67. The van der Waals surface area contributed by atoms with Crippen molar-refractivity contribution in [2.24, 2.45) is 0 Å². The highest BCUT2D eigenvalue weighted by Gasteiger charge is 2.07. The predicted molar refractivity (Wildman–Crippen MR) is 96.2 cm³/mol. The van der Waals surface area contributed by atoms with Crippen LogP contribution in [0.15, 0.2) is 55.1 Å². The van der Waals surface area contributed by atoms with E-state index in [1.165, 1.54) is 5.56 Å². The number of aryl methyl sites for hydroxylation is 1. The van der Waals surface area contributed by atoms with Crippen LogP contribution in [-0.4, -0.2) is 21.5 Å². The molecule has 6 nitrogen and oxygen atoms in total. The maximum Gasteiger partial charge on any atom is 0.161 e. The van der Waals surface area contributed by atoms with Crippen molar-refractivity contribution in [2.45, 2.75) is 27.0 Å². The zero-order chi connectivity index (χ0) is 17.5. The highest BCUT2D eigenvalue weighted by molar-refractivity contribution is 5.43. The molecule has 2 aromatic carbocycles. The molecule has 1 aromatic heterocycles. The van der Waals surface area contributed by atoms with E-state index in [1.807, 2.05) is 31.2 Å². The van der Waals surface area contributed by atoms with Gasteiger partial charge in [0.25, 0.3) is 0 Å². The van der Waals surface area contributed by atoms with Gasteiger partial charge in [-0.05, 0) is 37.1 Å². The van der Waals surface area contributed by atoms with Gasteiger partial charge in [0.1, 0.15) is 19.3 Å². The highest BCUT2D eigenvalue weighted by Crippen LogP contribution is 2.29. The van der Waals surface area contributed by atoms with Crippen molar-refractivity contribution in [3.8, 4) is 11.5 Å². The van der Waals surface area contributed by atoms with E-state index in [0.717, 1.165) is 22.6 Å². The standard InChI is InChI=1S/C19H22N4O2/c1-3-24-19-10-16(11-22-23-13-20-21-14-23)7-8-18(19)25-12-17-6-4-5-15(2)9-17/h4-10,13-14,22H,3,11-12H2,1-2H3. The second-order valence-electron chi connectivity index (χ2n) is 5.70. The highest BCUT2D eigenvalue weighted by atomic mass is 16.5. The second kappa shape index (κ2) is 8.19. The quantitative estimate of drug-likeness (QED) is 0.683. The van der Waals surface area contributed by atoms with E-state index in [1.54, 1.807) is 17.3 Å². The molecule has 0 saturated heterocycles. The van der Waals surface area contributed by atoms with E-state index < -0.39 is 0 Å². The summed E-state index contributed by atoms with van der Waals surface area (Å²) < 4.78 is 13.4. The summed E-state index contributed by atoms with van der Waals surface area (Å²) in [6.45, 7) is 5.78. The molecule has 0 fully saturated rings. The lowest BCUT2D eigenvalue weighted by atomic mass is 10.1. The number of hydrogen-bond acceptors (Lipinski definition) is 5. The lowest BCUT2D eigenvalue weighted by molar-refractivity contribution is 0.269. The van der Waals surface area contributed by atoms with Gasteiger partial charge >= 0.3 is 0 Å². The van der Waals surface area contributed by atoms with Crippen LogP contribution in [0.2, 0.25) is 0 Å². The molecule has 0 radical (unpaired) electrons. The molecule has 0 aliphatic carbocycles. The van der Waals surface area contributed by atoms with Crippen LogP contribution < -0.4 is 14.9 Å². The number of ether oxygens (including phenoxy) is 2. The van der Waals surface area contributed by atoms with E-state index in [2.05, 4.69) is 40.7 Å². The van der Waals surface area contributed by atoms with Gasteiger partial charge in [-0.2, -0.15) is 0 Å². The van der Waals surface area contributed by atoms with Crippen molar-refractivity contribution in [3.63, 3.8) is 0 Å².